The third kappa shape index (κ3) is 2.74. The molecule has 118 valence electrons. The van der Waals surface area contributed by atoms with Gasteiger partial charge in [0, 0.05) is 11.4 Å². The fourth-order valence-electron chi connectivity index (χ4n) is 2.98. The van der Waals surface area contributed by atoms with Crippen LogP contribution in [0.1, 0.15) is 44.4 Å². The van der Waals surface area contributed by atoms with Crippen LogP contribution in [0.15, 0.2) is 16.3 Å². The molecular weight excluding hydrogens is 310 g/mol. The first-order valence-electron chi connectivity index (χ1n) is 7.23. The molecule has 1 unspecified atom stereocenters. The van der Waals surface area contributed by atoms with E-state index in [1.54, 1.807) is 12.1 Å². The molecule has 21 heavy (non-hydrogen) atoms. The van der Waals surface area contributed by atoms with Gasteiger partial charge in [-0.1, -0.05) is 20.3 Å². The Morgan fingerprint density at radius 1 is 1.43 bits per heavy atom. The molecule has 1 aliphatic heterocycles. The average Bonchev–Trinajstić information content (AvgIpc) is 3.06. The Bertz CT molecular complexity index is 623. The molecule has 0 radical (unpaired) electrons. The van der Waals surface area contributed by atoms with Gasteiger partial charge in [-0.3, -0.25) is 4.79 Å². The van der Waals surface area contributed by atoms with Crippen LogP contribution in [0, 0.1) is 0 Å². The first-order chi connectivity index (χ1) is 9.88. The molecule has 1 aromatic heterocycles. The SMILES string of the molecule is CCCC1(C(=O)O)CCCN1S(=O)(=O)c1ccc(CC)s1. The lowest BCUT2D eigenvalue weighted by molar-refractivity contribution is -0.147. The monoisotopic (exact) mass is 331 g/mol. The number of nitrogens with zero attached hydrogens (tertiary/aromatic N) is 1. The van der Waals surface area contributed by atoms with E-state index < -0.39 is 21.5 Å². The molecule has 5 nitrogen and oxygen atoms in total. The van der Waals surface area contributed by atoms with Crippen molar-refractivity contribution in [2.24, 2.45) is 0 Å². The number of carboxylic acid groups (broad SMARTS) is 1. The smallest absolute Gasteiger partial charge is 0.325 e. The Kier molecular flexibility index (Phi) is 4.75. The molecule has 1 saturated heterocycles. The fraction of sp³-hybridized carbons (Fsp3) is 0.643. The molecule has 0 saturated carbocycles. The van der Waals surface area contributed by atoms with Gasteiger partial charge in [0.1, 0.15) is 9.75 Å². The van der Waals surface area contributed by atoms with Crippen molar-refractivity contribution in [1.29, 1.82) is 0 Å². The average molecular weight is 331 g/mol. The first kappa shape index (κ1) is 16.5. The van der Waals surface area contributed by atoms with Gasteiger partial charge in [-0.2, -0.15) is 4.31 Å². The van der Waals surface area contributed by atoms with E-state index >= 15 is 0 Å². The maximum Gasteiger partial charge on any atom is 0.325 e. The van der Waals surface area contributed by atoms with Gasteiger partial charge in [0.15, 0.2) is 0 Å². The molecule has 2 rings (SSSR count). The predicted octanol–water partition coefficient (Wildman–Crippen LogP) is 2.72. The summed E-state index contributed by atoms with van der Waals surface area (Å²) >= 11 is 1.23. The number of sulfonamides is 1. The van der Waals surface area contributed by atoms with Crippen molar-refractivity contribution in [3.05, 3.63) is 17.0 Å². The number of carbonyl (C=O) groups is 1. The molecule has 1 N–H and O–H groups in total. The molecule has 2 heterocycles. The van der Waals surface area contributed by atoms with Crippen molar-refractivity contribution in [1.82, 2.24) is 4.31 Å². The van der Waals surface area contributed by atoms with Crippen LogP contribution in [0.3, 0.4) is 0 Å². The maximum absolute atomic E-state index is 12.8. The van der Waals surface area contributed by atoms with Gasteiger partial charge >= 0.3 is 5.97 Å². The Hall–Kier alpha value is -0.920. The zero-order valence-corrected chi connectivity index (χ0v) is 14.0. The Balaban J connectivity index is 2.44. The van der Waals surface area contributed by atoms with Crippen LogP contribution in [0.25, 0.3) is 0 Å². The predicted molar refractivity (Wildman–Crippen MR) is 82.1 cm³/mol. The van der Waals surface area contributed by atoms with Crippen LogP contribution >= 0.6 is 11.3 Å². The Morgan fingerprint density at radius 2 is 2.14 bits per heavy atom. The molecule has 0 bridgehead atoms. The number of hydrogen-bond acceptors (Lipinski definition) is 4. The molecular formula is C14H21NO4S2. The number of aryl methyl sites for hydroxylation is 1. The summed E-state index contributed by atoms with van der Waals surface area (Å²) in [5.41, 5.74) is -1.27. The van der Waals surface area contributed by atoms with Gasteiger partial charge in [-0.05, 0) is 37.8 Å². The van der Waals surface area contributed by atoms with Crippen molar-refractivity contribution >= 4 is 27.3 Å². The lowest BCUT2D eigenvalue weighted by Crippen LogP contribution is -2.52. The summed E-state index contributed by atoms with van der Waals surface area (Å²) in [7, 11) is -3.73. The minimum atomic E-state index is -3.73. The molecule has 0 aliphatic carbocycles. The lowest BCUT2D eigenvalue weighted by Gasteiger charge is -2.33. The minimum absolute atomic E-state index is 0.253. The Morgan fingerprint density at radius 3 is 2.67 bits per heavy atom. The summed E-state index contributed by atoms with van der Waals surface area (Å²) in [6.45, 7) is 4.14. The van der Waals surface area contributed by atoms with Gasteiger partial charge in [-0.15, -0.1) is 11.3 Å². The van der Waals surface area contributed by atoms with E-state index in [4.69, 9.17) is 0 Å². The van der Waals surface area contributed by atoms with Crippen molar-refractivity contribution in [3.63, 3.8) is 0 Å². The fourth-order valence-corrected chi connectivity index (χ4v) is 6.22. The summed E-state index contributed by atoms with van der Waals surface area (Å²) in [5, 5.41) is 9.62. The molecule has 1 aromatic rings. The summed E-state index contributed by atoms with van der Waals surface area (Å²) in [5.74, 6) is -1.03. The van der Waals surface area contributed by atoms with Crippen LogP contribution in [-0.2, 0) is 21.2 Å². The third-order valence-electron chi connectivity index (χ3n) is 4.02. The number of carboxylic acids is 1. The highest BCUT2D eigenvalue weighted by Gasteiger charge is 2.52. The molecule has 0 amide bonds. The van der Waals surface area contributed by atoms with Gasteiger partial charge < -0.3 is 5.11 Å². The van der Waals surface area contributed by atoms with E-state index in [1.807, 2.05) is 13.8 Å². The second-order valence-corrected chi connectivity index (χ2v) is 8.60. The van der Waals surface area contributed by atoms with E-state index in [0.717, 1.165) is 11.3 Å². The summed E-state index contributed by atoms with van der Waals surface area (Å²) in [4.78, 5) is 12.8. The summed E-state index contributed by atoms with van der Waals surface area (Å²) < 4.78 is 27.1. The van der Waals surface area contributed by atoms with Crippen LogP contribution in [0.2, 0.25) is 0 Å². The van der Waals surface area contributed by atoms with Crippen molar-refractivity contribution in [3.8, 4) is 0 Å². The molecule has 1 aliphatic rings. The second kappa shape index (κ2) is 6.06. The van der Waals surface area contributed by atoms with Crippen molar-refractivity contribution < 1.29 is 18.3 Å². The van der Waals surface area contributed by atoms with Crippen LogP contribution in [0.5, 0.6) is 0 Å². The second-order valence-electron chi connectivity index (χ2n) is 5.34. The minimum Gasteiger partial charge on any atom is -0.480 e. The van der Waals surface area contributed by atoms with E-state index in [2.05, 4.69) is 0 Å². The zero-order chi connectivity index (χ0) is 15.7. The van der Waals surface area contributed by atoms with Crippen molar-refractivity contribution in [2.45, 2.75) is 55.7 Å². The van der Waals surface area contributed by atoms with E-state index in [9.17, 15) is 18.3 Å². The van der Waals surface area contributed by atoms with Crippen LogP contribution in [-0.4, -0.2) is 35.9 Å². The number of thiophene rings is 1. The third-order valence-corrected chi connectivity index (χ3v) is 7.68. The zero-order valence-electron chi connectivity index (χ0n) is 12.3. The normalized spacial score (nSPS) is 23.5. The molecule has 1 fully saturated rings. The van der Waals surface area contributed by atoms with E-state index in [-0.39, 0.29) is 10.8 Å². The lowest BCUT2D eigenvalue weighted by atomic mass is 9.92. The Labute approximate surface area is 129 Å². The van der Waals surface area contributed by atoms with Crippen molar-refractivity contribution in [2.75, 3.05) is 6.54 Å². The largest absolute Gasteiger partial charge is 0.480 e. The highest BCUT2D eigenvalue weighted by atomic mass is 32.2. The quantitative estimate of drug-likeness (QED) is 0.870. The van der Waals surface area contributed by atoms with Gasteiger partial charge in [0.25, 0.3) is 10.0 Å². The first-order valence-corrected chi connectivity index (χ1v) is 9.49. The number of aliphatic carboxylic acids is 1. The van der Waals surface area contributed by atoms with Crippen LogP contribution in [0.4, 0.5) is 0 Å². The standard InChI is InChI=1S/C14H21NO4S2/c1-3-8-14(13(16)17)9-5-10-15(14)21(18,19)12-7-6-11(4-2)20-12/h6-7H,3-5,8-10H2,1-2H3,(H,16,17). The number of rotatable bonds is 6. The molecule has 7 heteroatoms. The number of hydrogen-bond donors (Lipinski definition) is 1. The molecule has 0 spiro atoms. The maximum atomic E-state index is 12.8. The summed E-state index contributed by atoms with van der Waals surface area (Å²) in [6, 6.07) is 3.39. The van der Waals surface area contributed by atoms with Gasteiger partial charge in [-0.25, -0.2) is 8.42 Å². The summed E-state index contributed by atoms with van der Waals surface area (Å²) in [6.07, 6.45) is 2.76. The molecule has 1 atom stereocenters. The highest BCUT2D eigenvalue weighted by Crippen LogP contribution is 2.39. The van der Waals surface area contributed by atoms with E-state index in [1.165, 1.54) is 15.6 Å². The van der Waals surface area contributed by atoms with Crippen LogP contribution < -0.4 is 0 Å². The molecule has 0 aromatic carbocycles. The van der Waals surface area contributed by atoms with E-state index in [0.29, 0.717) is 25.7 Å². The topological polar surface area (TPSA) is 74.7 Å². The van der Waals surface area contributed by atoms with Gasteiger partial charge in [0.05, 0.1) is 0 Å². The van der Waals surface area contributed by atoms with Gasteiger partial charge in [0.2, 0.25) is 0 Å². The highest BCUT2D eigenvalue weighted by molar-refractivity contribution is 7.91.